The average molecular weight is 458 g/mol. The summed E-state index contributed by atoms with van der Waals surface area (Å²) in [7, 11) is -3.13. The minimum Gasteiger partial charge on any atom is -0.334 e. The van der Waals surface area contributed by atoms with Gasteiger partial charge in [0.25, 0.3) is 5.56 Å². The van der Waals surface area contributed by atoms with Gasteiger partial charge in [0.05, 0.1) is 33.8 Å². The molecule has 1 saturated heterocycles. The highest BCUT2D eigenvalue weighted by atomic mass is 35.5. The largest absolute Gasteiger partial charge is 0.334 e. The monoisotopic (exact) mass is 457 g/mol. The third-order valence-electron chi connectivity index (χ3n) is 5.76. The maximum absolute atomic E-state index is 13.2. The van der Waals surface area contributed by atoms with E-state index < -0.39 is 15.4 Å². The molecule has 1 aliphatic carbocycles. The van der Waals surface area contributed by atoms with Crippen LogP contribution in [0.1, 0.15) is 32.1 Å². The molecule has 1 aromatic carbocycles. The van der Waals surface area contributed by atoms with E-state index in [4.69, 9.17) is 23.2 Å². The molecule has 2 heterocycles. The highest BCUT2D eigenvalue weighted by molar-refractivity contribution is 7.91. The number of sulfone groups is 1. The van der Waals surface area contributed by atoms with E-state index in [-0.39, 0.29) is 46.5 Å². The summed E-state index contributed by atoms with van der Waals surface area (Å²) in [4.78, 5) is 32.0. The maximum Gasteiger partial charge on any atom is 0.261 e. The van der Waals surface area contributed by atoms with Gasteiger partial charge in [-0.05, 0) is 31.4 Å². The van der Waals surface area contributed by atoms with Crippen LogP contribution in [0.3, 0.4) is 0 Å². The molecule has 156 valence electrons. The molecule has 1 aliphatic heterocycles. The van der Waals surface area contributed by atoms with Gasteiger partial charge >= 0.3 is 0 Å². The molecule has 1 aromatic heterocycles. The van der Waals surface area contributed by atoms with Crippen LogP contribution in [0.5, 0.6) is 0 Å². The molecular weight excluding hydrogens is 437 g/mol. The number of halogens is 2. The van der Waals surface area contributed by atoms with Crippen LogP contribution in [0.15, 0.2) is 23.3 Å². The van der Waals surface area contributed by atoms with Crippen LogP contribution in [0, 0.1) is 0 Å². The molecule has 0 bridgehead atoms. The zero-order chi connectivity index (χ0) is 20.8. The third-order valence-corrected chi connectivity index (χ3v) is 8.02. The Labute approximate surface area is 178 Å². The Morgan fingerprint density at radius 1 is 1.17 bits per heavy atom. The van der Waals surface area contributed by atoms with Crippen LogP contribution in [-0.4, -0.2) is 52.4 Å². The van der Waals surface area contributed by atoms with Crippen molar-refractivity contribution < 1.29 is 13.2 Å². The zero-order valence-electron chi connectivity index (χ0n) is 15.7. The summed E-state index contributed by atoms with van der Waals surface area (Å²) >= 11 is 12.1. The minimum absolute atomic E-state index is 0.00861. The molecule has 1 amide bonds. The van der Waals surface area contributed by atoms with Gasteiger partial charge in [-0.2, -0.15) is 0 Å². The molecule has 29 heavy (non-hydrogen) atoms. The van der Waals surface area contributed by atoms with E-state index in [1.165, 1.54) is 23.0 Å². The van der Waals surface area contributed by atoms with Crippen molar-refractivity contribution in [1.29, 1.82) is 0 Å². The van der Waals surface area contributed by atoms with Crippen molar-refractivity contribution in [1.82, 2.24) is 14.5 Å². The predicted octanol–water partition coefficient (Wildman–Crippen LogP) is 2.66. The van der Waals surface area contributed by atoms with E-state index in [1.54, 1.807) is 4.90 Å². The Hall–Kier alpha value is -1.64. The fourth-order valence-electron chi connectivity index (χ4n) is 4.42. The van der Waals surface area contributed by atoms with Crippen LogP contribution in [0.4, 0.5) is 0 Å². The molecule has 2 fully saturated rings. The molecule has 1 atom stereocenters. The normalized spacial score (nSPS) is 21.7. The Kier molecular flexibility index (Phi) is 5.61. The molecule has 4 rings (SSSR count). The Balaban J connectivity index is 1.65. The van der Waals surface area contributed by atoms with Crippen molar-refractivity contribution in [3.05, 3.63) is 38.9 Å². The van der Waals surface area contributed by atoms with Crippen LogP contribution in [0.25, 0.3) is 10.9 Å². The number of aromatic nitrogens is 2. The molecule has 2 aliphatic rings. The van der Waals surface area contributed by atoms with Gasteiger partial charge in [0.15, 0.2) is 9.84 Å². The first-order chi connectivity index (χ1) is 13.7. The number of fused-ring (bicyclic) bond motifs is 1. The van der Waals surface area contributed by atoms with E-state index in [0.717, 1.165) is 25.7 Å². The van der Waals surface area contributed by atoms with Crippen LogP contribution < -0.4 is 5.56 Å². The lowest BCUT2D eigenvalue weighted by atomic mass is 10.1. The molecule has 0 spiro atoms. The van der Waals surface area contributed by atoms with Crippen molar-refractivity contribution in [3.63, 3.8) is 0 Å². The van der Waals surface area contributed by atoms with Crippen LogP contribution in [0.2, 0.25) is 10.0 Å². The smallest absolute Gasteiger partial charge is 0.261 e. The highest BCUT2D eigenvalue weighted by Gasteiger charge is 2.39. The second-order valence-corrected chi connectivity index (χ2v) is 10.8. The molecule has 7 nitrogen and oxygen atoms in total. The molecule has 2 aromatic rings. The number of amides is 1. The van der Waals surface area contributed by atoms with Gasteiger partial charge in [0.1, 0.15) is 6.54 Å². The molecule has 10 heteroatoms. The summed E-state index contributed by atoms with van der Waals surface area (Å²) in [6.45, 7) is -0.195. The van der Waals surface area contributed by atoms with Crippen molar-refractivity contribution in [2.45, 2.75) is 50.7 Å². The number of carbonyl (C=O) groups excluding carboxylic acids is 1. The van der Waals surface area contributed by atoms with E-state index in [1.807, 2.05) is 0 Å². The summed E-state index contributed by atoms with van der Waals surface area (Å²) < 4.78 is 25.2. The summed E-state index contributed by atoms with van der Waals surface area (Å²) in [5, 5.41) is 0.828. The summed E-state index contributed by atoms with van der Waals surface area (Å²) in [5.41, 5.74) is -0.0718. The van der Waals surface area contributed by atoms with Gasteiger partial charge in [-0.15, -0.1) is 0 Å². The molecule has 0 N–H and O–H groups in total. The number of carbonyl (C=O) groups is 1. The Morgan fingerprint density at radius 2 is 1.90 bits per heavy atom. The van der Waals surface area contributed by atoms with Gasteiger partial charge in [-0.25, -0.2) is 13.4 Å². The molecule has 1 saturated carbocycles. The second-order valence-electron chi connectivity index (χ2n) is 7.76. The molecule has 0 radical (unpaired) electrons. The van der Waals surface area contributed by atoms with Crippen molar-refractivity contribution in [3.8, 4) is 0 Å². The first kappa shape index (κ1) is 20.6. The predicted molar refractivity (Wildman–Crippen MR) is 112 cm³/mol. The fourth-order valence-corrected chi connectivity index (χ4v) is 6.67. The first-order valence-electron chi connectivity index (χ1n) is 9.61. The minimum atomic E-state index is -3.13. The number of benzene rings is 1. The highest BCUT2D eigenvalue weighted by Crippen LogP contribution is 2.29. The lowest BCUT2D eigenvalue weighted by molar-refractivity contribution is -0.136. The number of nitrogens with zero attached hydrogens (tertiary/aromatic N) is 3. The summed E-state index contributed by atoms with van der Waals surface area (Å²) in [6, 6.07) is 2.69. The van der Waals surface area contributed by atoms with Crippen LogP contribution >= 0.6 is 23.2 Å². The van der Waals surface area contributed by atoms with E-state index in [0.29, 0.717) is 17.0 Å². The van der Waals surface area contributed by atoms with Gasteiger partial charge in [-0.3, -0.25) is 14.2 Å². The lowest BCUT2D eigenvalue weighted by Gasteiger charge is -2.34. The van der Waals surface area contributed by atoms with Crippen molar-refractivity contribution in [2.75, 3.05) is 11.5 Å². The first-order valence-corrected chi connectivity index (χ1v) is 12.2. The van der Waals surface area contributed by atoms with E-state index >= 15 is 0 Å². The second kappa shape index (κ2) is 7.89. The van der Waals surface area contributed by atoms with Gasteiger partial charge < -0.3 is 4.90 Å². The Morgan fingerprint density at radius 3 is 2.55 bits per heavy atom. The maximum atomic E-state index is 13.2. The van der Waals surface area contributed by atoms with Crippen molar-refractivity contribution in [2.24, 2.45) is 0 Å². The standard InChI is InChI=1S/C19H21Cl2N3O4S/c20-12-7-15-18(16(21)8-12)22-11-23(19(15)26)9-17(25)24(13-3-1-2-4-13)14-5-6-29(27,28)10-14/h7-8,11,13-14H,1-6,9-10H2/t14-/m1/s1. The van der Waals surface area contributed by atoms with Gasteiger partial charge in [0.2, 0.25) is 5.91 Å². The number of rotatable bonds is 4. The SMILES string of the molecule is O=C(Cn1cnc2c(Cl)cc(Cl)cc2c1=O)N(C1CCCC1)[C@@H]1CCS(=O)(=O)C1. The van der Waals surface area contributed by atoms with Gasteiger partial charge in [-0.1, -0.05) is 36.0 Å². The van der Waals surface area contributed by atoms with Crippen molar-refractivity contribution >= 4 is 49.8 Å². The number of hydrogen-bond donors (Lipinski definition) is 0. The summed E-state index contributed by atoms with van der Waals surface area (Å²) in [6.07, 6.45) is 5.50. The Bertz CT molecular complexity index is 1130. The molecule has 0 unspecified atom stereocenters. The topological polar surface area (TPSA) is 89.3 Å². The summed E-state index contributed by atoms with van der Waals surface area (Å²) in [5.74, 6) is -0.163. The number of hydrogen-bond acceptors (Lipinski definition) is 5. The van der Waals surface area contributed by atoms with Gasteiger partial charge in [0, 0.05) is 17.1 Å². The van der Waals surface area contributed by atoms with E-state index in [9.17, 15) is 18.0 Å². The van der Waals surface area contributed by atoms with Crippen LogP contribution in [-0.2, 0) is 21.2 Å². The lowest BCUT2D eigenvalue weighted by Crippen LogP contribution is -2.49. The zero-order valence-corrected chi connectivity index (χ0v) is 18.0. The quantitative estimate of drug-likeness (QED) is 0.703. The third kappa shape index (κ3) is 4.15. The van der Waals surface area contributed by atoms with E-state index in [2.05, 4.69) is 4.98 Å². The fraction of sp³-hybridized carbons (Fsp3) is 0.526. The molecular formula is C19H21Cl2N3O4S. The average Bonchev–Trinajstić information content (AvgIpc) is 3.28.